The largest absolute Gasteiger partial charge is 0.506 e. The predicted molar refractivity (Wildman–Crippen MR) is 125 cm³/mol. The number of nitrogens with zero attached hydrogens (tertiary/aromatic N) is 3. The minimum atomic E-state index is -0.401. The molecule has 0 aliphatic heterocycles. The normalized spacial score (nSPS) is 10.8. The number of rotatable bonds is 5. The zero-order valence-electron chi connectivity index (χ0n) is 17.6. The molecule has 0 bridgehead atoms. The van der Waals surface area contributed by atoms with Gasteiger partial charge in [-0.3, -0.25) is 4.79 Å². The fourth-order valence-corrected chi connectivity index (χ4v) is 3.75. The third-order valence-electron chi connectivity index (χ3n) is 5.23. The van der Waals surface area contributed by atoms with Crippen LogP contribution in [0.5, 0.6) is 11.6 Å². The van der Waals surface area contributed by atoms with E-state index >= 15 is 0 Å². The van der Waals surface area contributed by atoms with Crippen LogP contribution >= 0.6 is 11.6 Å². The maximum Gasteiger partial charge on any atom is 0.264 e. The maximum atomic E-state index is 13.2. The number of fused-ring (bicyclic) bond motifs is 1. The smallest absolute Gasteiger partial charge is 0.264 e. The number of aryl methyl sites for hydroxylation is 1. The lowest BCUT2D eigenvalue weighted by molar-refractivity contribution is 0.305. The van der Waals surface area contributed by atoms with Crippen LogP contribution < -0.4 is 10.3 Å². The van der Waals surface area contributed by atoms with Crippen molar-refractivity contribution < 1.29 is 9.84 Å². The van der Waals surface area contributed by atoms with E-state index in [1.807, 2.05) is 6.92 Å². The lowest BCUT2D eigenvalue weighted by atomic mass is 9.98. The molecule has 7 heteroatoms. The number of ether oxygens (including phenoxy) is 1. The molecule has 4 aromatic rings. The zero-order chi connectivity index (χ0) is 22.8. The fourth-order valence-electron chi connectivity index (χ4n) is 3.63. The summed E-state index contributed by atoms with van der Waals surface area (Å²) in [7, 11) is 1.64. The number of halogens is 1. The molecule has 0 fully saturated rings. The van der Waals surface area contributed by atoms with Crippen molar-refractivity contribution in [1.82, 2.24) is 9.55 Å². The molecule has 2 aromatic carbocycles. The van der Waals surface area contributed by atoms with Crippen molar-refractivity contribution in [2.24, 2.45) is 7.05 Å². The van der Waals surface area contributed by atoms with Crippen LogP contribution in [-0.4, -0.2) is 21.3 Å². The van der Waals surface area contributed by atoms with Gasteiger partial charge < -0.3 is 14.4 Å². The molecule has 0 amide bonds. The molecule has 0 atom stereocenters. The molecule has 0 radical (unpaired) electrons. The van der Waals surface area contributed by atoms with Gasteiger partial charge in [0.05, 0.1) is 17.8 Å². The number of aromatic nitrogens is 2. The van der Waals surface area contributed by atoms with Crippen LogP contribution in [0, 0.1) is 11.3 Å². The molecule has 0 spiro atoms. The minimum Gasteiger partial charge on any atom is -0.506 e. The van der Waals surface area contributed by atoms with Crippen molar-refractivity contribution in [3.8, 4) is 40.1 Å². The van der Waals surface area contributed by atoms with Gasteiger partial charge >= 0.3 is 0 Å². The predicted octanol–water partition coefficient (Wildman–Crippen LogP) is 5.29. The summed E-state index contributed by atoms with van der Waals surface area (Å²) in [5.74, 6) is -0.0455. The van der Waals surface area contributed by atoms with E-state index in [1.54, 1.807) is 61.6 Å². The molecule has 160 valence electrons. The van der Waals surface area contributed by atoms with Gasteiger partial charge in [-0.05, 0) is 42.3 Å². The molecule has 2 aromatic heterocycles. The standard InChI is InChI=1S/C25H20ClN3O3/c1-3-12-32-24-19(14-27)18(15-8-10-16(26)11-9-15)13-20(28-24)22-23(30)17-6-4-5-7-21(17)29(2)25(22)31/h4-11,13,30H,3,12H2,1-2H3. The molecule has 1 N–H and O–H groups in total. The summed E-state index contributed by atoms with van der Waals surface area (Å²) in [6.07, 6.45) is 0.718. The number of hydrogen-bond donors (Lipinski definition) is 1. The first-order chi connectivity index (χ1) is 15.5. The number of nitriles is 1. The summed E-state index contributed by atoms with van der Waals surface area (Å²) in [6.45, 7) is 2.30. The quantitative estimate of drug-likeness (QED) is 0.451. The molecule has 32 heavy (non-hydrogen) atoms. The van der Waals surface area contributed by atoms with Crippen molar-refractivity contribution in [2.45, 2.75) is 13.3 Å². The Morgan fingerprint density at radius 1 is 1.19 bits per heavy atom. The summed E-state index contributed by atoms with van der Waals surface area (Å²) in [6, 6.07) is 17.9. The van der Waals surface area contributed by atoms with Crippen molar-refractivity contribution in [2.75, 3.05) is 6.61 Å². The van der Waals surface area contributed by atoms with Crippen molar-refractivity contribution >= 4 is 22.5 Å². The Balaban J connectivity index is 2.06. The first kappa shape index (κ1) is 21.4. The number of benzene rings is 2. The Labute approximate surface area is 189 Å². The van der Waals surface area contributed by atoms with Crippen molar-refractivity contribution in [3.63, 3.8) is 0 Å². The monoisotopic (exact) mass is 445 g/mol. The second kappa shape index (κ2) is 8.74. The average molecular weight is 446 g/mol. The molecule has 0 unspecified atom stereocenters. The SMILES string of the molecule is CCCOc1nc(-c2c(O)c3ccccc3n(C)c2=O)cc(-c2ccc(Cl)cc2)c1C#N. The number of para-hydroxylation sites is 1. The van der Waals surface area contributed by atoms with Gasteiger partial charge in [-0.25, -0.2) is 4.98 Å². The van der Waals surface area contributed by atoms with Crippen LogP contribution in [0.3, 0.4) is 0 Å². The van der Waals surface area contributed by atoms with E-state index < -0.39 is 5.56 Å². The molecule has 4 rings (SSSR count). The van der Waals surface area contributed by atoms with Gasteiger partial charge in [-0.1, -0.05) is 42.8 Å². The highest BCUT2D eigenvalue weighted by Gasteiger charge is 2.22. The van der Waals surface area contributed by atoms with Gasteiger partial charge in [0, 0.05) is 23.0 Å². The molecule has 0 aliphatic rings. The van der Waals surface area contributed by atoms with Crippen LogP contribution in [-0.2, 0) is 7.05 Å². The highest BCUT2D eigenvalue weighted by Crippen LogP contribution is 2.37. The van der Waals surface area contributed by atoms with Crippen molar-refractivity contribution in [1.29, 1.82) is 5.26 Å². The first-order valence-electron chi connectivity index (χ1n) is 10.1. The van der Waals surface area contributed by atoms with E-state index in [2.05, 4.69) is 11.1 Å². The van der Waals surface area contributed by atoms with E-state index in [0.717, 1.165) is 6.42 Å². The van der Waals surface area contributed by atoms with E-state index in [9.17, 15) is 15.2 Å². The molecule has 2 heterocycles. The Hall–Kier alpha value is -3.82. The third kappa shape index (κ3) is 3.68. The summed E-state index contributed by atoms with van der Waals surface area (Å²) in [5, 5.41) is 22.0. The second-order valence-corrected chi connectivity index (χ2v) is 7.74. The van der Waals surface area contributed by atoms with Gasteiger partial charge in [0.25, 0.3) is 5.56 Å². The van der Waals surface area contributed by atoms with Gasteiger partial charge in [0.1, 0.15) is 22.9 Å². The van der Waals surface area contributed by atoms with Gasteiger partial charge in [0.2, 0.25) is 5.88 Å². The van der Waals surface area contributed by atoms with Crippen LogP contribution in [0.1, 0.15) is 18.9 Å². The van der Waals surface area contributed by atoms with Gasteiger partial charge in [0.15, 0.2) is 0 Å². The molecule has 0 saturated heterocycles. The summed E-state index contributed by atoms with van der Waals surface area (Å²) in [5.41, 5.74) is 1.98. The average Bonchev–Trinajstić information content (AvgIpc) is 2.81. The second-order valence-electron chi connectivity index (χ2n) is 7.31. The van der Waals surface area contributed by atoms with E-state index in [-0.39, 0.29) is 28.5 Å². The molecular weight excluding hydrogens is 426 g/mol. The van der Waals surface area contributed by atoms with Crippen LogP contribution in [0.4, 0.5) is 0 Å². The summed E-state index contributed by atoms with van der Waals surface area (Å²) >= 11 is 6.04. The van der Waals surface area contributed by atoms with Crippen LogP contribution in [0.2, 0.25) is 5.02 Å². The minimum absolute atomic E-state index is 0.0484. The number of aromatic hydroxyl groups is 1. The topological polar surface area (TPSA) is 88.1 Å². The van der Waals surface area contributed by atoms with Gasteiger partial charge in [-0.15, -0.1) is 0 Å². The molecule has 0 aliphatic carbocycles. The van der Waals surface area contributed by atoms with E-state index in [1.165, 1.54) is 4.57 Å². The summed E-state index contributed by atoms with van der Waals surface area (Å²) < 4.78 is 7.24. The highest BCUT2D eigenvalue weighted by atomic mass is 35.5. The van der Waals surface area contributed by atoms with E-state index in [0.29, 0.717) is 33.7 Å². The number of hydrogen-bond acceptors (Lipinski definition) is 5. The Bertz CT molecular complexity index is 1420. The molecule has 6 nitrogen and oxygen atoms in total. The van der Waals surface area contributed by atoms with E-state index in [4.69, 9.17) is 16.3 Å². The Morgan fingerprint density at radius 3 is 2.59 bits per heavy atom. The summed E-state index contributed by atoms with van der Waals surface area (Å²) in [4.78, 5) is 17.7. The maximum absolute atomic E-state index is 13.2. The zero-order valence-corrected chi connectivity index (χ0v) is 18.3. The fraction of sp³-hybridized carbons (Fsp3) is 0.160. The van der Waals surface area contributed by atoms with Gasteiger partial charge in [-0.2, -0.15) is 5.26 Å². The number of pyridine rings is 2. The third-order valence-corrected chi connectivity index (χ3v) is 5.48. The molecule has 0 saturated carbocycles. The first-order valence-corrected chi connectivity index (χ1v) is 10.5. The lowest BCUT2D eigenvalue weighted by Gasteiger charge is -2.15. The Morgan fingerprint density at radius 2 is 1.91 bits per heavy atom. The lowest BCUT2D eigenvalue weighted by Crippen LogP contribution is -2.20. The highest BCUT2D eigenvalue weighted by molar-refractivity contribution is 6.30. The van der Waals surface area contributed by atoms with Crippen LogP contribution in [0.15, 0.2) is 59.4 Å². The van der Waals surface area contributed by atoms with Crippen LogP contribution in [0.25, 0.3) is 33.3 Å². The van der Waals surface area contributed by atoms with Crippen molar-refractivity contribution in [3.05, 3.63) is 75.5 Å². The Kier molecular flexibility index (Phi) is 5.85. The molecular formula is C25H20ClN3O3.